The smallest absolute Gasteiger partial charge is 0.405 e. The molecule has 54 heavy (non-hydrogen) atoms. The minimum absolute atomic E-state index is 0.0656. The van der Waals surface area contributed by atoms with Crippen molar-refractivity contribution in [2.75, 3.05) is 13.1 Å². The van der Waals surface area contributed by atoms with Crippen LogP contribution in [0.2, 0.25) is 0 Å². The molecule has 8 rings (SSSR count). The minimum Gasteiger partial charge on any atom is -0.431 e. The molecule has 0 spiro atoms. The third-order valence-electron chi connectivity index (χ3n) is 10.2. The number of nitrogens with two attached hydrogens (primary N) is 1. The van der Waals surface area contributed by atoms with Gasteiger partial charge in [0.2, 0.25) is 12.0 Å². The molecule has 3 aromatic carbocycles. The van der Waals surface area contributed by atoms with E-state index in [1.54, 1.807) is 46.7 Å². The molecule has 2 aliphatic rings. The highest BCUT2D eigenvalue weighted by molar-refractivity contribution is 7.09. The molecule has 3 amide bonds. The van der Waals surface area contributed by atoms with E-state index in [-0.39, 0.29) is 23.9 Å². The number of aromatic amines is 2. The van der Waals surface area contributed by atoms with Gasteiger partial charge in [0.1, 0.15) is 11.6 Å². The van der Waals surface area contributed by atoms with Gasteiger partial charge >= 0.3 is 6.09 Å². The molecule has 3 atom stereocenters. The number of nitrogens with zero attached hydrogens (tertiary/aromatic N) is 5. The Bertz CT molecular complexity index is 2260. The summed E-state index contributed by atoms with van der Waals surface area (Å²) in [6.07, 6.45) is 5.18. The highest BCUT2D eigenvalue weighted by Crippen LogP contribution is 2.36. The Morgan fingerprint density at radius 2 is 1.33 bits per heavy atom. The van der Waals surface area contributed by atoms with Crippen LogP contribution in [0.4, 0.5) is 4.79 Å². The predicted molar refractivity (Wildman–Crippen MR) is 205 cm³/mol. The fourth-order valence-corrected chi connectivity index (χ4v) is 8.17. The summed E-state index contributed by atoms with van der Waals surface area (Å²) in [5.74, 6) is 1.26. The van der Waals surface area contributed by atoms with Crippen LogP contribution in [-0.4, -0.2) is 65.7 Å². The van der Waals surface area contributed by atoms with E-state index in [0.717, 1.165) is 82.4 Å². The lowest BCUT2D eigenvalue weighted by molar-refractivity contribution is -0.141. The van der Waals surface area contributed by atoms with Crippen LogP contribution in [0.25, 0.3) is 33.6 Å². The zero-order valence-electron chi connectivity index (χ0n) is 29.8. The van der Waals surface area contributed by atoms with Crippen LogP contribution < -0.4 is 5.73 Å². The van der Waals surface area contributed by atoms with Crippen molar-refractivity contribution < 1.29 is 19.1 Å². The molecular formula is C41H40N8O4S. The van der Waals surface area contributed by atoms with Crippen LogP contribution in [0.15, 0.2) is 96.6 Å². The fraction of sp³-hybridized carbons (Fsp3) is 0.268. The average Bonchev–Trinajstić information content (AvgIpc) is 4.04. The Kier molecular flexibility index (Phi) is 9.79. The van der Waals surface area contributed by atoms with Crippen LogP contribution in [0.3, 0.4) is 0 Å². The van der Waals surface area contributed by atoms with Crippen molar-refractivity contribution in [3.63, 3.8) is 0 Å². The lowest BCUT2D eigenvalue weighted by Crippen LogP contribution is -2.37. The quantitative estimate of drug-likeness (QED) is 0.133. The summed E-state index contributed by atoms with van der Waals surface area (Å²) in [7, 11) is 0. The molecule has 4 N–H and O–H groups in total. The fourth-order valence-electron chi connectivity index (χ4n) is 7.56. The molecule has 0 radical (unpaired) electrons. The second-order valence-electron chi connectivity index (χ2n) is 13.7. The normalized spacial score (nSPS) is 17.5. The highest BCUT2D eigenvalue weighted by Gasteiger charge is 2.38. The summed E-state index contributed by atoms with van der Waals surface area (Å²) < 4.78 is 5.29. The third kappa shape index (κ3) is 7.27. The van der Waals surface area contributed by atoms with E-state index in [9.17, 15) is 14.4 Å². The maximum absolute atomic E-state index is 13.7. The molecule has 12 nitrogen and oxygen atoms in total. The van der Waals surface area contributed by atoms with Gasteiger partial charge in [0.15, 0.2) is 0 Å². The molecule has 3 aromatic heterocycles. The van der Waals surface area contributed by atoms with Crippen molar-refractivity contribution in [3.8, 4) is 33.6 Å². The van der Waals surface area contributed by atoms with Gasteiger partial charge in [-0.2, -0.15) is 0 Å². The molecule has 0 saturated carbocycles. The SMILES string of the molecule is Cc1nc(CC(=O)N2CCC[C@H]2c2ncc(-c3ccc(-c4ccc(-c5cnc([C@@H]6CCCN6C(=O)[C@H](OC(N)=O)c6ccccc6)[nH]5)cc4)cc3)[nH]2)cs1. The van der Waals surface area contributed by atoms with Gasteiger partial charge in [0.05, 0.1) is 53.0 Å². The maximum Gasteiger partial charge on any atom is 0.405 e. The van der Waals surface area contributed by atoms with Gasteiger partial charge in [-0.1, -0.05) is 78.9 Å². The first-order valence-electron chi connectivity index (χ1n) is 18.1. The number of aromatic nitrogens is 5. The lowest BCUT2D eigenvalue weighted by Gasteiger charge is -2.27. The third-order valence-corrected chi connectivity index (χ3v) is 11.0. The van der Waals surface area contributed by atoms with E-state index in [4.69, 9.17) is 15.5 Å². The summed E-state index contributed by atoms with van der Waals surface area (Å²) in [6, 6.07) is 25.2. The molecule has 2 saturated heterocycles. The Labute approximate surface area is 316 Å². The van der Waals surface area contributed by atoms with Crippen molar-refractivity contribution in [1.29, 1.82) is 0 Å². The molecule has 6 aromatic rings. The van der Waals surface area contributed by atoms with E-state index in [1.807, 2.05) is 29.5 Å². The van der Waals surface area contributed by atoms with E-state index in [0.29, 0.717) is 24.4 Å². The molecule has 2 aliphatic heterocycles. The highest BCUT2D eigenvalue weighted by atomic mass is 32.1. The van der Waals surface area contributed by atoms with Crippen LogP contribution in [0.1, 0.15) is 71.8 Å². The van der Waals surface area contributed by atoms with Gasteiger partial charge in [0.25, 0.3) is 5.91 Å². The topological polar surface area (TPSA) is 163 Å². The molecule has 0 bridgehead atoms. The number of aryl methyl sites for hydroxylation is 1. The number of amides is 3. The van der Waals surface area contributed by atoms with E-state index < -0.39 is 12.2 Å². The van der Waals surface area contributed by atoms with Gasteiger partial charge in [-0.05, 0) is 54.9 Å². The number of rotatable bonds is 10. The van der Waals surface area contributed by atoms with E-state index >= 15 is 0 Å². The Morgan fingerprint density at radius 3 is 1.87 bits per heavy atom. The number of hydrogen-bond donors (Lipinski definition) is 3. The van der Waals surface area contributed by atoms with Crippen LogP contribution in [0.5, 0.6) is 0 Å². The molecule has 0 unspecified atom stereocenters. The number of hydrogen-bond acceptors (Lipinski definition) is 8. The maximum atomic E-state index is 13.7. The van der Waals surface area contributed by atoms with Gasteiger partial charge in [-0.3, -0.25) is 9.59 Å². The number of benzene rings is 3. The number of primary amides is 1. The summed E-state index contributed by atoms with van der Waals surface area (Å²) in [5.41, 5.74) is 12.6. The summed E-state index contributed by atoms with van der Waals surface area (Å²) in [4.78, 5) is 63.0. The minimum atomic E-state index is -1.12. The molecule has 13 heteroatoms. The number of imidazole rings is 2. The Balaban J connectivity index is 0.921. The number of carbonyl (C=O) groups excluding carboxylic acids is 3. The largest absolute Gasteiger partial charge is 0.431 e. The number of ether oxygens (including phenoxy) is 1. The van der Waals surface area contributed by atoms with Gasteiger partial charge in [0, 0.05) is 24.0 Å². The van der Waals surface area contributed by atoms with E-state index in [1.165, 1.54) is 0 Å². The molecule has 5 heterocycles. The van der Waals surface area contributed by atoms with Crippen LogP contribution >= 0.6 is 11.3 Å². The van der Waals surface area contributed by atoms with Crippen LogP contribution in [-0.2, 0) is 20.7 Å². The first kappa shape index (κ1) is 35.0. The number of carbonyl (C=O) groups is 3. The molecule has 0 aliphatic carbocycles. The van der Waals surface area contributed by atoms with Crippen LogP contribution in [0, 0.1) is 6.92 Å². The standard InChI is InChI=1S/C41H40N8O4S/c1-25-45-31(24-54-25)21-36(50)48-19-5-9-34(48)38-43-22-32(46-38)28-15-11-26(12-16-28)27-13-17-29(18-14-27)33-23-44-39(47-33)35-10-6-20-49(35)40(51)37(53-41(42)52)30-7-3-2-4-8-30/h2-4,7-8,11-18,22-24,34-35,37H,5-6,9-10,19-21H2,1H3,(H2,42,52)(H,43,46)(H,44,47)/t34-,35-,37+/m0/s1. The monoisotopic (exact) mass is 740 g/mol. The predicted octanol–water partition coefficient (Wildman–Crippen LogP) is 7.31. The lowest BCUT2D eigenvalue weighted by atomic mass is 10.0. The first-order valence-corrected chi connectivity index (χ1v) is 19.0. The number of thiazole rings is 1. The zero-order valence-corrected chi connectivity index (χ0v) is 30.6. The Morgan fingerprint density at radius 1 is 0.796 bits per heavy atom. The number of likely N-dealkylation sites (tertiary alicyclic amines) is 2. The summed E-state index contributed by atoms with van der Waals surface area (Å²) in [6.45, 7) is 3.20. The van der Waals surface area contributed by atoms with Crippen molar-refractivity contribution in [3.05, 3.63) is 125 Å². The average molecular weight is 741 g/mol. The molecular weight excluding hydrogens is 701 g/mol. The van der Waals surface area contributed by atoms with E-state index in [2.05, 4.69) is 68.5 Å². The van der Waals surface area contributed by atoms with Crippen molar-refractivity contribution in [2.24, 2.45) is 5.73 Å². The second-order valence-corrected chi connectivity index (χ2v) is 14.8. The van der Waals surface area contributed by atoms with Gasteiger partial charge in [-0.25, -0.2) is 19.7 Å². The van der Waals surface area contributed by atoms with Crippen molar-refractivity contribution >= 4 is 29.2 Å². The number of nitrogens with one attached hydrogen (secondary N) is 2. The molecule has 274 valence electrons. The Hall–Kier alpha value is -6.08. The van der Waals surface area contributed by atoms with Crippen molar-refractivity contribution in [1.82, 2.24) is 34.7 Å². The van der Waals surface area contributed by atoms with Crippen molar-refractivity contribution in [2.45, 2.75) is 57.2 Å². The second kappa shape index (κ2) is 15.1. The number of H-pyrrole nitrogens is 2. The van der Waals surface area contributed by atoms with Gasteiger partial charge in [-0.15, -0.1) is 11.3 Å². The zero-order chi connectivity index (χ0) is 37.2. The first-order chi connectivity index (χ1) is 26.3. The summed E-state index contributed by atoms with van der Waals surface area (Å²) in [5, 5.41) is 2.93. The van der Waals surface area contributed by atoms with Gasteiger partial charge < -0.3 is 30.2 Å². The summed E-state index contributed by atoms with van der Waals surface area (Å²) >= 11 is 1.57. The molecule has 2 fully saturated rings.